The Hall–Kier alpha value is -4.00. The van der Waals surface area contributed by atoms with Crippen molar-refractivity contribution in [3.63, 3.8) is 0 Å². The fraction of sp³-hybridized carbons (Fsp3) is 0.0833. The second kappa shape index (κ2) is 12.5. The molecule has 0 aliphatic heterocycles. The van der Waals surface area contributed by atoms with Gasteiger partial charge in [-0.1, -0.05) is 30.3 Å². The van der Waals surface area contributed by atoms with Gasteiger partial charge in [0.2, 0.25) is 0 Å². The predicted molar refractivity (Wildman–Crippen MR) is 137 cm³/mol. The van der Waals surface area contributed by atoms with E-state index in [1.807, 2.05) is 28.7 Å². The molecule has 0 aliphatic carbocycles. The molecule has 0 aliphatic rings. The molecule has 35 heavy (non-hydrogen) atoms. The van der Waals surface area contributed by atoms with Gasteiger partial charge in [-0.05, 0) is 64.6 Å². The molecule has 11 heteroatoms. The number of hydrazone groups is 1. The van der Waals surface area contributed by atoms with Gasteiger partial charge in [-0.2, -0.15) is 5.10 Å². The number of methoxy groups -OCH3 is 1. The van der Waals surface area contributed by atoms with Gasteiger partial charge in [0.05, 0.1) is 22.6 Å². The summed E-state index contributed by atoms with van der Waals surface area (Å²) < 4.78 is 25.2. The molecular formula is C24H20FIN4O5. The van der Waals surface area contributed by atoms with Crippen molar-refractivity contribution >= 4 is 57.9 Å². The zero-order chi connectivity index (χ0) is 25.2. The molecule has 0 unspecified atom stereocenters. The molecule has 0 aromatic heterocycles. The first-order chi connectivity index (χ1) is 16.9. The monoisotopic (exact) mass is 590 g/mol. The third-order valence-electron chi connectivity index (χ3n) is 4.36. The van der Waals surface area contributed by atoms with E-state index in [2.05, 4.69) is 21.2 Å². The third kappa shape index (κ3) is 7.50. The van der Waals surface area contributed by atoms with E-state index in [9.17, 15) is 18.8 Å². The Morgan fingerprint density at radius 2 is 1.71 bits per heavy atom. The first-order valence-corrected chi connectivity index (χ1v) is 11.2. The zero-order valence-electron chi connectivity index (χ0n) is 18.4. The summed E-state index contributed by atoms with van der Waals surface area (Å²) in [6.07, 6.45) is 1.30. The van der Waals surface area contributed by atoms with Crippen molar-refractivity contribution in [2.75, 3.05) is 24.4 Å². The zero-order valence-corrected chi connectivity index (χ0v) is 20.5. The van der Waals surface area contributed by atoms with Gasteiger partial charge >= 0.3 is 11.8 Å². The summed E-state index contributed by atoms with van der Waals surface area (Å²) >= 11 is 2.01. The number of anilines is 2. The van der Waals surface area contributed by atoms with Crippen molar-refractivity contribution in [1.29, 1.82) is 0 Å². The van der Waals surface area contributed by atoms with Crippen LogP contribution in [0.1, 0.15) is 5.56 Å². The molecule has 3 N–H and O–H groups in total. The highest BCUT2D eigenvalue weighted by molar-refractivity contribution is 14.1. The average molecular weight is 590 g/mol. The van der Waals surface area contributed by atoms with E-state index >= 15 is 0 Å². The number of carbonyl (C=O) groups excluding carboxylic acids is 3. The normalized spacial score (nSPS) is 10.5. The molecule has 3 aromatic rings. The molecule has 3 amide bonds. The highest BCUT2D eigenvalue weighted by Crippen LogP contribution is 2.33. The minimum Gasteiger partial charge on any atom is -0.493 e. The summed E-state index contributed by atoms with van der Waals surface area (Å²) in [6, 6.07) is 17.7. The second-order valence-electron chi connectivity index (χ2n) is 6.87. The standard InChI is InChI=1S/C24H20FIN4O5/c1-34-20-12-15(13-27-30-24(33)23(32)29-19-10-6-5-9-17(19)25)11-18(26)22(20)35-14-21(31)28-16-7-3-2-4-8-16/h2-13H,14H2,1H3,(H,28,31)(H,29,32)(H,30,33)/b27-13-. The van der Waals surface area contributed by atoms with Crippen LogP contribution in [0.5, 0.6) is 11.5 Å². The van der Waals surface area contributed by atoms with E-state index in [-0.39, 0.29) is 18.2 Å². The fourth-order valence-corrected chi connectivity index (χ4v) is 3.55. The van der Waals surface area contributed by atoms with Crippen molar-refractivity contribution in [3.8, 4) is 11.5 Å². The molecule has 3 rings (SSSR count). The van der Waals surface area contributed by atoms with Crippen LogP contribution >= 0.6 is 22.6 Å². The highest BCUT2D eigenvalue weighted by Gasteiger charge is 2.16. The molecule has 0 radical (unpaired) electrons. The number of carbonyl (C=O) groups is 3. The lowest BCUT2D eigenvalue weighted by Crippen LogP contribution is -2.32. The summed E-state index contributed by atoms with van der Waals surface area (Å²) in [4.78, 5) is 36.0. The maximum Gasteiger partial charge on any atom is 0.329 e. The molecule has 0 saturated heterocycles. The Labute approximate surface area is 213 Å². The molecule has 0 fully saturated rings. The Kier molecular flexibility index (Phi) is 9.12. The highest BCUT2D eigenvalue weighted by atomic mass is 127. The van der Waals surface area contributed by atoms with Gasteiger partial charge < -0.3 is 20.1 Å². The van der Waals surface area contributed by atoms with Crippen LogP contribution in [0, 0.1) is 9.39 Å². The number of rotatable bonds is 8. The SMILES string of the molecule is COc1cc(/C=N\NC(=O)C(=O)Nc2ccccc2F)cc(I)c1OCC(=O)Nc1ccccc1. The quantitative estimate of drug-likeness (QED) is 0.161. The number of benzene rings is 3. The lowest BCUT2D eigenvalue weighted by molar-refractivity contribution is -0.136. The number of nitrogens with one attached hydrogen (secondary N) is 3. The number of para-hydroxylation sites is 2. The van der Waals surface area contributed by atoms with Crippen molar-refractivity contribution in [1.82, 2.24) is 5.43 Å². The van der Waals surface area contributed by atoms with E-state index in [0.29, 0.717) is 26.3 Å². The van der Waals surface area contributed by atoms with Gasteiger partial charge in [0.25, 0.3) is 5.91 Å². The van der Waals surface area contributed by atoms with Crippen LogP contribution in [-0.4, -0.2) is 37.7 Å². The van der Waals surface area contributed by atoms with Crippen molar-refractivity contribution in [2.24, 2.45) is 5.10 Å². The van der Waals surface area contributed by atoms with Crippen LogP contribution in [0.25, 0.3) is 0 Å². The van der Waals surface area contributed by atoms with Gasteiger partial charge in [-0.3, -0.25) is 14.4 Å². The van der Waals surface area contributed by atoms with Gasteiger partial charge in [0.15, 0.2) is 18.1 Å². The van der Waals surface area contributed by atoms with E-state index in [1.54, 1.807) is 36.4 Å². The van der Waals surface area contributed by atoms with E-state index in [4.69, 9.17) is 9.47 Å². The molecule has 0 spiro atoms. The van der Waals surface area contributed by atoms with Gasteiger partial charge in [-0.25, -0.2) is 9.82 Å². The van der Waals surface area contributed by atoms with Crippen LogP contribution in [0.2, 0.25) is 0 Å². The number of halogens is 2. The molecule has 0 bridgehead atoms. The second-order valence-corrected chi connectivity index (χ2v) is 8.03. The summed E-state index contributed by atoms with van der Waals surface area (Å²) in [5.74, 6) is -2.45. The molecule has 3 aromatic carbocycles. The van der Waals surface area contributed by atoms with Crippen LogP contribution < -0.4 is 25.5 Å². The fourth-order valence-electron chi connectivity index (χ4n) is 2.77. The average Bonchev–Trinajstić information content (AvgIpc) is 2.85. The lowest BCUT2D eigenvalue weighted by Gasteiger charge is -2.13. The smallest absolute Gasteiger partial charge is 0.329 e. The molecule has 0 atom stereocenters. The molecule has 0 saturated carbocycles. The minimum atomic E-state index is -1.07. The maximum absolute atomic E-state index is 13.6. The Bertz CT molecular complexity index is 1250. The third-order valence-corrected chi connectivity index (χ3v) is 5.17. The summed E-state index contributed by atoms with van der Waals surface area (Å²) in [5, 5.41) is 8.64. The first kappa shape index (κ1) is 25.6. The predicted octanol–water partition coefficient (Wildman–Crippen LogP) is 3.55. The topological polar surface area (TPSA) is 118 Å². The van der Waals surface area contributed by atoms with Gasteiger partial charge in [-0.15, -0.1) is 0 Å². The van der Waals surface area contributed by atoms with Crippen molar-refractivity contribution in [2.45, 2.75) is 0 Å². The molecular weight excluding hydrogens is 570 g/mol. The number of hydrogen-bond donors (Lipinski definition) is 3. The van der Waals surface area contributed by atoms with Crippen molar-refractivity contribution in [3.05, 3.63) is 81.7 Å². The number of hydrogen-bond acceptors (Lipinski definition) is 6. The Balaban J connectivity index is 1.58. The molecule has 9 nitrogen and oxygen atoms in total. The van der Waals surface area contributed by atoms with Crippen LogP contribution in [-0.2, 0) is 14.4 Å². The summed E-state index contributed by atoms with van der Waals surface area (Å²) in [6.45, 7) is -0.234. The van der Waals surface area contributed by atoms with E-state index < -0.39 is 17.6 Å². The number of nitrogens with zero attached hydrogens (tertiary/aromatic N) is 1. The molecule has 0 heterocycles. The largest absolute Gasteiger partial charge is 0.493 e. The summed E-state index contributed by atoms with van der Waals surface area (Å²) in [7, 11) is 1.44. The summed E-state index contributed by atoms with van der Waals surface area (Å²) in [5.41, 5.74) is 3.13. The van der Waals surface area contributed by atoms with Gasteiger partial charge in [0, 0.05) is 5.69 Å². The van der Waals surface area contributed by atoms with E-state index in [1.165, 1.54) is 31.5 Å². The number of ether oxygens (including phenoxy) is 2. The lowest BCUT2D eigenvalue weighted by atomic mass is 10.2. The van der Waals surface area contributed by atoms with Crippen LogP contribution in [0.15, 0.2) is 71.8 Å². The maximum atomic E-state index is 13.6. The Morgan fingerprint density at radius 1 is 1.00 bits per heavy atom. The van der Waals surface area contributed by atoms with Gasteiger partial charge in [0.1, 0.15) is 5.82 Å². The first-order valence-electron chi connectivity index (χ1n) is 10.1. The molecule has 180 valence electrons. The van der Waals surface area contributed by atoms with Crippen LogP contribution in [0.3, 0.4) is 0 Å². The minimum absolute atomic E-state index is 0.121. The van der Waals surface area contributed by atoms with Crippen molar-refractivity contribution < 1.29 is 28.2 Å². The van der Waals surface area contributed by atoms with Crippen LogP contribution in [0.4, 0.5) is 15.8 Å². The Morgan fingerprint density at radius 3 is 2.43 bits per heavy atom. The number of amides is 3. The van der Waals surface area contributed by atoms with E-state index in [0.717, 1.165) is 6.07 Å².